The maximum Gasteiger partial charge on any atom is 0.323 e. The Morgan fingerprint density at radius 1 is 1.23 bits per heavy atom. The highest BCUT2D eigenvalue weighted by Gasteiger charge is 2.20. The van der Waals surface area contributed by atoms with Crippen LogP contribution in [-0.4, -0.2) is 62.9 Å². The average Bonchev–Trinajstić information content (AvgIpc) is 3.21. The molecule has 1 saturated heterocycles. The van der Waals surface area contributed by atoms with Gasteiger partial charge in [-0.1, -0.05) is 41.7 Å². The molecule has 0 saturated carbocycles. The van der Waals surface area contributed by atoms with Crippen molar-refractivity contribution in [1.82, 2.24) is 9.88 Å². The van der Waals surface area contributed by atoms with Crippen LogP contribution >= 0.6 is 11.3 Å². The Kier molecular flexibility index (Phi) is 6.35. The largest absolute Gasteiger partial charge is 0.494 e. The Balaban J connectivity index is 1.50. The highest BCUT2D eigenvalue weighted by Crippen LogP contribution is 2.39. The second kappa shape index (κ2) is 9.32. The van der Waals surface area contributed by atoms with Gasteiger partial charge in [0.1, 0.15) is 11.3 Å². The van der Waals surface area contributed by atoms with Crippen LogP contribution in [0.4, 0.5) is 15.6 Å². The van der Waals surface area contributed by atoms with E-state index in [4.69, 9.17) is 9.47 Å². The summed E-state index contributed by atoms with van der Waals surface area (Å²) in [6, 6.07) is 14.0. The molecule has 1 N–H and O–H groups in total. The minimum atomic E-state index is -0.170. The highest BCUT2D eigenvalue weighted by molar-refractivity contribution is 7.23. The van der Waals surface area contributed by atoms with E-state index in [1.807, 2.05) is 24.3 Å². The predicted molar refractivity (Wildman–Crippen MR) is 121 cm³/mol. The van der Waals surface area contributed by atoms with Gasteiger partial charge in [-0.3, -0.25) is 5.32 Å². The van der Waals surface area contributed by atoms with Gasteiger partial charge in [0, 0.05) is 26.7 Å². The number of nitrogens with zero attached hydrogens (tertiary/aromatic N) is 3. The number of likely N-dealkylation sites (N-methyl/N-ethyl adjacent to an activating group) is 1. The molecule has 0 bridgehead atoms. The lowest BCUT2D eigenvalue weighted by Crippen LogP contribution is -2.36. The molecule has 2 heterocycles. The Morgan fingerprint density at radius 3 is 2.73 bits per heavy atom. The number of urea groups is 1. The van der Waals surface area contributed by atoms with Gasteiger partial charge in [-0.15, -0.1) is 0 Å². The van der Waals surface area contributed by atoms with Crippen LogP contribution in [-0.2, 0) is 11.2 Å². The predicted octanol–water partition coefficient (Wildman–Crippen LogP) is 3.85. The van der Waals surface area contributed by atoms with E-state index in [-0.39, 0.29) is 6.03 Å². The molecular weight excluding hydrogens is 400 g/mol. The number of amides is 2. The minimum Gasteiger partial charge on any atom is -0.494 e. The van der Waals surface area contributed by atoms with Gasteiger partial charge in [-0.2, -0.15) is 0 Å². The number of fused-ring (bicyclic) bond motifs is 1. The summed E-state index contributed by atoms with van der Waals surface area (Å²) in [5, 5.41) is 3.51. The standard InChI is InChI=1S/C22H26N4O3S/c1-25(11-10-16-6-4-3-5-7-16)22(27)24-21-23-19-18(28-2)9-8-17(20(19)30-21)26-12-14-29-15-13-26/h3-9H,10-15H2,1-2H3,(H,23,24,27). The number of hydrogen-bond donors (Lipinski definition) is 1. The molecule has 1 fully saturated rings. The molecule has 0 radical (unpaired) electrons. The molecule has 1 aliphatic heterocycles. The van der Waals surface area contributed by atoms with Gasteiger partial charge in [-0.25, -0.2) is 9.78 Å². The number of carbonyl (C=O) groups excluding carboxylic acids is 1. The fourth-order valence-corrected chi connectivity index (χ4v) is 4.48. The second-order valence-electron chi connectivity index (χ2n) is 7.17. The molecule has 8 heteroatoms. The normalized spacial score (nSPS) is 14.0. The zero-order valence-electron chi connectivity index (χ0n) is 17.3. The molecule has 2 aromatic carbocycles. The third kappa shape index (κ3) is 4.49. The quantitative estimate of drug-likeness (QED) is 0.649. The lowest BCUT2D eigenvalue weighted by atomic mass is 10.1. The van der Waals surface area contributed by atoms with Crippen molar-refractivity contribution in [1.29, 1.82) is 0 Å². The van der Waals surface area contributed by atoms with Gasteiger partial charge in [0.15, 0.2) is 5.13 Å². The molecule has 1 aliphatic rings. The number of nitrogens with one attached hydrogen (secondary N) is 1. The molecule has 30 heavy (non-hydrogen) atoms. The highest BCUT2D eigenvalue weighted by atomic mass is 32.1. The molecule has 0 aliphatic carbocycles. The number of hydrogen-bond acceptors (Lipinski definition) is 6. The summed E-state index contributed by atoms with van der Waals surface area (Å²) in [5.41, 5.74) is 3.08. The fourth-order valence-electron chi connectivity index (χ4n) is 3.47. The van der Waals surface area contributed by atoms with E-state index in [2.05, 4.69) is 33.4 Å². The molecule has 7 nitrogen and oxygen atoms in total. The second-order valence-corrected chi connectivity index (χ2v) is 8.17. The van der Waals surface area contributed by atoms with Gasteiger partial charge in [-0.05, 0) is 24.1 Å². The molecule has 0 spiro atoms. The lowest BCUT2D eigenvalue weighted by Gasteiger charge is -2.29. The van der Waals surface area contributed by atoms with E-state index in [1.54, 1.807) is 19.1 Å². The summed E-state index contributed by atoms with van der Waals surface area (Å²) in [5.74, 6) is 0.705. The fraction of sp³-hybridized carbons (Fsp3) is 0.364. The monoisotopic (exact) mass is 426 g/mol. The van der Waals surface area contributed by atoms with Gasteiger partial charge in [0.2, 0.25) is 0 Å². The van der Waals surface area contributed by atoms with E-state index >= 15 is 0 Å². The molecular formula is C22H26N4O3S. The Labute approximate surface area is 180 Å². The van der Waals surface area contributed by atoms with Gasteiger partial charge >= 0.3 is 6.03 Å². The molecule has 0 unspecified atom stereocenters. The van der Waals surface area contributed by atoms with Crippen LogP contribution in [0.1, 0.15) is 5.56 Å². The Hall–Kier alpha value is -2.84. The van der Waals surface area contributed by atoms with E-state index in [0.717, 1.165) is 35.4 Å². The number of thiazole rings is 1. The first kappa shape index (κ1) is 20.4. The smallest absolute Gasteiger partial charge is 0.323 e. The summed E-state index contributed by atoms with van der Waals surface area (Å²) in [6.07, 6.45) is 0.805. The minimum absolute atomic E-state index is 0.170. The zero-order chi connectivity index (χ0) is 20.9. The third-order valence-electron chi connectivity index (χ3n) is 5.20. The van der Waals surface area contributed by atoms with Crippen molar-refractivity contribution in [2.75, 3.05) is 57.2 Å². The van der Waals surface area contributed by atoms with Crippen molar-refractivity contribution in [2.24, 2.45) is 0 Å². The van der Waals surface area contributed by atoms with Crippen LogP contribution in [0.25, 0.3) is 10.2 Å². The maximum atomic E-state index is 12.7. The van der Waals surface area contributed by atoms with Crippen LogP contribution in [0.3, 0.4) is 0 Å². The number of ether oxygens (including phenoxy) is 2. The Bertz CT molecular complexity index is 1000. The molecule has 0 atom stereocenters. The first-order valence-electron chi connectivity index (χ1n) is 10.0. The average molecular weight is 427 g/mol. The SMILES string of the molecule is COc1ccc(N2CCOCC2)c2sc(NC(=O)N(C)CCc3ccccc3)nc12. The lowest BCUT2D eigenvalue weighted by molar-refractivity contribution is 0.123. The zero-order valence-corrected chi connectivity index (χ0v) is 18.1. The van der Waals surface area contributed by atoms with Crippen LogP contribution in [0.15, 0.2) is 42.5 Å². The first-order chi connectivity index (χ1) is 14.7. The van der Waals surface area contributed by atoms with Crippen LogP contribution in [0, 0.1) is 0 Å². The summed E-state index contributed by atoms with van der Waals surface area (Å²) in [6.45, 7) is 3.72. The number of methoxy groups -OCH3 is 1. The number of benzene rings is 2. The number of aromatic nitrogens is 1. The molecule has 2 amide bonds. The van der Waals surface area contributed by atoms with Crippen molar-refractivity contribution in [3.63, 3.8) is 0 Å². The Morgan fingerprint density at radius 2 is 2.00 bits per heavy atom. The van der Waals surface area contributed by atoms with Gasteiger partial charge < -0.3 is 19.3 Å². The molecule has 1 aromatic heterocycles. The van der Waals surface area contributed by atoms with Crippen molar-refractivity contribution in [3.05, 3.63) is 48.0 Å². The molecule has 4 rings (SSSR count). The summed E-state index contributed by atoms with van der Waals surface area (Å²) in [7, 11) is 3.43. The summed E-state index contributed by atoms with van der Waals surface area (Å²) < 4.78 is 12.0. The summed E-state index contributed by atoms with van der Waals surface area (Å²) >= 11 is 1.48. The number of carbonyl (C=O) groups is 1. The van der Waals surface area contributed by atoms with E-state index < -0.39 is 0 Å². The number of rotatable bonds is 6. The van der Waals surface area contributed by atoms with Gasteiger partial charge in [0.25, 0.3) is 0 Å². The van der Waals surface area contributed by atoms with Crippen LogP contribution in [0.5, 0.6) is 5.75 Å². The van der Waals surface area contributed by atoms with Gasteiger partial charge in [0.05, 0.1) is 30.7 Å². The number of morpholine rings is 1. The molecule has 158 valence electrons. The molecule has 3 aromatic rings. The maximum absolute atomic E-state index is 12.7. The van der Waals surface area contributed by atoms with E-state index in [0.29, 0.717) is 30.6 Å². The van der Waals surface area contributed by atoms with Crippen molar-refractivity contribution >= 4 is 38.4 Å². The van der Waals surface area contributed by atoms with Crippen LogP contribution in [0.2, 0.25) is 0 Å². The van der Waals surface area contributed by atoms with E-state index in [1.165, 1.54) is 16.9 Å². The summed E-state index contributed by atoms with van der Waals surface area (Å²) in [4.78, 5) is 21.3. The first-order valence-corrected chi connectivity index (χ1v) is 10.8. The topological polar surface area (TPSA) is 66.9 Å². The van der Waals surface area contributed by atoms with Crippen molar-refractivity contribution in [2.45, 2.75) is 6.42 Å². The third-order valence-corrected chi connectivity index (χ3v) is 6.19. The van der Waals surface area contributed by atoms with Crippen LogP contribution < -0.4 is 15.0 Å². The van der Waals surface area contributed by atoms with Crippen molar-refractivity contribution in [3.8, 4) is 5.75 Å². The number of anilines is 2. The van der Waals surface area contributed by atoms with E-state index in [9.17, 15) is 4.79 Å². The van der Waals surface area contributed by atoms with Crippen molar-refractivity contribution < 1.29 is 14.3 Å².